The zero-order valence-corrected chi connectivity index (χ0v) is 18.7. The zero-order valence-electron chi connectivity index (χ0n) is 17.9. The second-order valence-corrected chi connectivity index (χ2v) is 11.1. The summed E-state index contributed by atoms with van der Waals surface area (Å²) in [5, 5.41) is 14.4. The van der Waals surface area contributed by atoms with Gasteiger partial charge in [0.25, 0.3) is 0 Å². The maximum Gasteiger partial charge on any atom is 0.244 e. The van der Waals surface area contributed by atoms with Crippen LogP contribution in [-0.4, -0.2) is 21.9 Å². The molecule has 2 aromatic carbocycles. The van der Waals surface area contributed by atoms with E-state index in [0.717, 1.165) is 53.2 Å². The van der Waals surface area contributed by atoms with Crippen LogP contribution < -0.4 is 5.32 Å². The molecule has 4 fully saturated rings. The highest BCUT2D eigenvalue weighted by atomic mass is 32.2. The van der Waals surface area contributed by atoms with Gasteiger partial charge >= 0.3 is 0 Å². The monoisotopic (exact) mass is 450 g/mol. The summed E-state index contributed by atoms with van der Waals surface area (Å²) in [5.74, 6) is 2.05. The number of allylic oxidation sites excluding steroid dienone is 1. The van der Waals surface area contributed by atoms with Crippen molar-refractivity contribution in [3.05, 3.63) is 65.6 Å². The van der Waals surface area contributed by atoms with Crippen molar-refractivity contribution in [2.75, 3.05) is 11.9 Å². The molecule has 0 unspecified atom stereocenters. The first-order valence-corrected chi connectivity index (χ1v) is 12.3. The van der Waals surface area contributed by atoms with E-state index in [1.165, 1.54) is 31.4 Å². The Balaban J connectivity index is 1.34. The molecule has 4 aliphatic carbocycles. The normalized spacial score (nSPS) is 30.4. The second kappa shape index (κ2) is 7.55. The van der Waals surface area contributed by atoms with Gasteiger partial charge in [0, 0.05) is 21.6 Å². The van der Waals surface area contributed by atoms with Gasteiger partial charge < -0.3 is 14.7 Å². The molecule has 0 radical (unpaired) electrons. The Hall–Kier alpha value is -2.47. The minimum absolute atomic E-state index is 0.0461. The van der Waals surface area contributed by atoms with Crippen LogP contribution in [0.4, 0.5) is 10.1 Å². The van der Waals surface area contributed by atoms with E-state index in [0.29, 0.717) is 11.4 Å². The molecule has 0 atom stereocenters. The molecule has 7 rings (SSSR count). The first-order valence-electron chi connectivity index (χ1n) is 11.5. The Morgan fingerprint density at radius 1 is 1.03 bits per heavy atom. The van der Waals surface area contributed by atoms with Gasteiger partial charge in [-0.1, -0.05) is 12.1 Å². The number of nitrogens with zero attached hydrogens (tertiary/aromatic N) is 1. The third kappa shape index (κ3) is 3.40. The summed E-state index contributed by atoms with van der Waals surface area (Å²) in [6.45, 7) is 0.136. The van der Waals surface area contributed by atoms with E-state index < -0.39 is 0 Å². The van der Waals surface area contributed by atoms with Crippen LogP contribution in [0.2, 0.25) is 0 Å². The number of amides is 1. The largest absolute Gasteiger partial charge is 0.505 e. The molecule has 0 spiro atoms. The summed E-state index contributed by atoms with van der Waals surface area (Å²) in [7, 11) is 0. The quantitative estimate of drug-likeness (QED) is 0.542. The van der Waals surface area contributed by atoms with E-state index in [1.54, 1.807) is 24.1 Å². The van der Waals surface area contributed by atoms with Crippen molar-refractivity contribution < 1.29 is 14.3 Å². The number of carbonyl (C=O) groups excluding carboxylic acids is 1. The van der Waals surface area contributed by atoms with Crippen molar-refractivity contribution in [2.24, 2.45) is 23.2 Å². The number of aliphatic hydroxyl groups excluding tert-OH is 1. The summed E-state index contributed by atoms with van der Waals surface area (Å²) >= 11 is 1.55. The minimum Gasteiger partial charge on any atom is -0.505 e. The van der Waals surface area contributed by atoms with Gasteiger partial charge in [-0.05, 0) is 105 Å². The van der Waals surface area contributed by atoms with Crippen LogP contribution in [-0.2, 0) is 4.79 Å². The van der Waals surface area contributed by atoms with Crippen molar-refractivity contribution in [1.29, 1.82) is 0 Å². The molecule has 5 aliphatic rings. The van der Waals surface area contributed by atoms with Gasteiger partial charge in [-0.3, -0.25) is 4.79 Å². The summed E-state index contributed by atoms with van der Waals surface area (Å²) < 4.78 is 15.3. The summed E-state index contributed by atoms with van der Waals surface area (Å²) in [6, 6.07) is 13.7. The van der Waals surface area contributed by atoms with Crippen LogP contribution in [0, 0.1) is 29.0 Å². The van der Waals surface area contributed by atoms with Crippen LogP contribution in [0.3, 0.4) is 0 Å². The van der Waals surface area contributed by atoms with Crippen LogP contribution in [0.1, 0.15) is 44.1 Å². The maximum atomic E-state index is 13.2. The summed E-state index contributed by atoms with van der Waals surface area (Å²) in [6.07, 6.45) is 7.29. The number of nitrogens with one attached hydrogen (secondary N) is 1. The van der Waals surface area contributed by atoms with E-state index in [1.807, 2.05) is 28.6 Å². The molecule has 32 heavy (non-hydrogen) atoms. The number of aliphatic hydroxyl groups is 1. The smallest absolute Gasteiger partial charge is 0.244 e. The lowest BCUT2D eigenvalue weighted by Gasteiger charge is -2.59. The number of rotatable bonds is 4. The Morgan fingerprint density at radius 2 is 1.66 bits per heavy atom. The number of halogens is 1. The number of hydrogen-bond acceptors (Lipinski definition) is 4. The van der Waals surface area contributed by atoms with Gasteiger partial charge in [0.1, 0.15) is 18.1 Å². The van der Waals surface area contributed by atoms with E-state index in [9.17, 15) is 14.3 Å². The fourth-order valence-corrected chi connectivity index (χ4v) is 8.24. The number of anilines is 1. The molecule has 4 saturated carbocycles. The van der Waals surface area contributed by atoms with Crippen LogP contribution in [0.5, 0.6) is 0 Å². The fraction of sp³-hybridized carbons (Fsp3) is 0.423. The van der Waals surface area contributed by atoms with Crippen molar-refractivity contribution in [2.45, 2.75) is 43.4 Å². The van der Waals surface area contributed by atoms with Crippen LogP contribution in [0.15, 0.2) is 59.1 Å². The van der Waals surface area contributed by atoms with Gasteiger partial charge in [-0.15, -0.1) is 0 Å². The zero-order chi connectivity index (χ0) is 21.9. The summed E-state index contributed by atoms with van der Waals surface area (Å²) in [5.41, 5.74) is 2.35. The average Bonchev–Trinajstić information content (AvgIpc) is 2.74. The van der Waals surface area contributed by atoms with Crippen LogP contribution in [0.25, 0.3) is 5.76 Å². The van der Waals surface area contributed by atoms with Gasteiger partial charge in [0.2, 0.25) is 5.91 Å². The molecule has 4 bridgehead atoms. The SMILES string of the molecule is O=C(CN1Sc2ccccc2C(O)=C1C12CC3CC(CC(C3)C1)C2)Nc1ccc(F)cc1. The molecule has 2 N–H and O–H groups in total. The molecular formula is C26H27FN2O2S. The Labute approximate surface area is 192 Å². The lowest BCUT2D eigenvalue weighted by atomic mass is 9.48. The number of hydrogen-bond donors (Lipinski definition) is 2. The molecule has 1 heterocycles. The molecule has 6 heteroatoms. The molecule has 1 aliphatic heterocycles. The standard InChI is InChI=1S/C26H27FN2O2S/c27-19-5-7-20(8-6-19)28-23(30)15-29-25(24(31)21-3-1-2-4-22(21)32-29)26-12-16-9-17(13-26)11-18(10-16)14-26/h1-8,16-18,31H,9-15H2,(H,28,30). The molecule has 4 nitrogen and oxygen atoms in total. The van der Waals surface area contributed by atoms with Gasteiger partial charge in [-0.2, -0.15) is 0 Å². The van der Waals surface area contributed by atoms with Gasteiger partial charge in [-0.25, -0.2) is 4.39 Å². The average molecular weight is 451 g/mol. The van der Waals surface area contributed by atoms with E-state index >= 15 is 0 Å². The minimum atomic E-state index is -0.330. The molecule has 166 valence electrons. The fourth-order valence-electron chi connectivity index (χ4n) is 7.04. The first-order chi connectivity index (χ1) is 15.5. The third-order valence-electron chi connectivity index (χ3n) is 7.78. The van der Waals surface area contributed by atoms with E-state index in [2.05, 4.69) is 5.32 Å². The first kappa shape index (κ1) is 20.2. The Kier molecular flexibility index (Phi) is 4.75. The van der Waals surface area contributed by atoms with E-state index in [-0.39, 0.29) is 23.7 Å². The Bertz CT molecular complexity index is 1060. The molecule has 2 aromatic rings. The second-order valence-electron chi connectivity index (χ2n) is 10.1. The lowest BCUT2D eigenvalue weighted by Crippen LogP contribution is -2.50. The summed E-state index contributed by atoms with van der Waals surface area (Å²) in [4.78, 5) is 14.0. The molecular weight excluding hydrogens is 423 g/mol. The molecule has 0 aromatic heterocycles. The van der Waals surface area contributed by atoms with E-state index in [4.69, 9.17) is 0 Å². The highest BCUT2D eigenvalue weighted by Gasteiger charge is 2.55. The van der Waals surface area contributed by atoms with Crippen molar-refractivity contribution in [3.8, 4) is 0 Å². The molecule has 1 amide bonds. The highest BCUT2D eigenvalue weighted by Crippen LogP contribution is 2.65. The lowest BCUT2D eigenvalue weighted by molar-refractivity contribution is -0.116. The maximum absolute atomic E-state index is 13.2. The van der Waals surface area contributed by atoms with Crippen molar-refractivity contribution in [3.63, 3.8) is 0 Å². The van der Waals surface area contributed by atoms with Crippen LogP contribution >= 0.6 is 11.9 Å². The predicted octanol–water partition coefficient (Wildman–Crippen LogP) is 6.23. The van der Waals surface area contributed by atoms with Gasteiger partial charge in [0.05, 0.1) is 5.70 Å². The Morgan fingerprint density at radius 3 is 2.31 bits per heavy atom. The third-order valence-corrected chi connectivity index (χ3v) is 8.86. The topological polar surface area (TPSA) is 52.6 Å². The van der Waals surface area contributed by atoms with Crippen molar-refractivity contribution in [1.82, 2.24) is 4.31 Å². The molecule has 0 saturated heterocycles. The number of carbonyl (C=O) groups is 1. The number of benzene rings is 2. The predicted molar refractivity (Wildman–Crippen MR) is 124 cm³/mol. The van der Waals surface area contributed by atoms with Crippen molar-refractivity contribution >= 4 is 29.3 Å². The highest BCUT2D eigenvalue weighted by molar-refractivity contribution is 7.97. The number of fused-ring (bicyclic) bond motifs is 1. The van der Waals surface area contributed by atoms with Gasteiger partial charge in [0.15, 0.2) is 0 Å².